The standard InChI is InChI=1S/C15H12FNO/c16-12-5-6-14(17-9-12)11-7-10-3-1-2-4-13(10)15(18)8-11/h1-6,9,11H,7-8H2. The van der Waals surface area contributed by atoms with Gasteiger partial charge in [0.25, 0.3) is 0 Å². The summed E-state index contributed by atoms with van der Waals surface area (Å²) in [6.45, 7) is 0. The molecule has 1 aliphatic rings. The highest BCUT2D eigenvalue weighted by molar-refractivity contribution is 5.99. The molecule has 0 aliphatic heterocycles. The number of carbonyl (C=O) groups is 1. The molecule has 0 N–H and O–H groups in total. The average Bonchev–Trinajstić information content (AvgIpc) is 2.39. The summed E-state index contributed by atoms with van der Waals surface area (Å²) in [4.78, 5) is 16.1. The van der Waals surface area contributed by atoms with E-state index in [1.165, 1.54) is 12.3 Å². The molecule has 0 amide bonds. The third-order valence-corrected chi connectivity index (χ3v) is 3.38. The van der Waals surface area contributed by atoms with Gasteiger partial charge in [0, 0.05) is 23.6 Å². The van der Waals surface area contributed by atoms with Crippen LogP contribution in [0, 0.1) is 5.82 Å². The lowest BCUT2D eigenvalue weighted by Gasteiger charge is -2.23. The first kappa shape index (κ1) is 11.1. The first-order valence-corrected chi connectivity index (χ1v) is 5.96. The van der Waals surface area contributed by atoms with E-state index in [0.717, 1.165) is 23.2 Å². The number of hydrogen-bond acceptors (Lipinski definition) is 2. The number of nitrogens with zero attached hydrogens (tertiary/aromatic N) is 1. The van der Waals surface area contributed by atoms with E-state index in [4.69, 9.17) is 0 Å². The molecule has 1 aromatic carbocycles. The number of fused-ring (bicyclic) bond motifs is 1. The number of rotatable bonds is 1. The lowest BCUT2D eigenvalue weighted by Crippen LogP contribution is -2.19. The van der Waals surface area contributed by atoms with Gasteiger partial charge in [-0.05, 0) is 24.1 Å². The van der Waals surface area contributed by atoms with E-state index in [2.05, 4.69) is 4.98 Å². The Bertz CT molecular complexity index is 592. The molecule has 90 valence electrons. The number of pyridine rings is 1. The number of benzene rings is 1. The third-order valence-electron chi connectivity index (χ3n) is 3.38. The van der Waals surface area contributed by atoms with Crippen molar-refractivity contribution in [2.45, 2.75) is 18.8 Å². The van der Waals surface area contributed by atoms with Crippen molar-refractivity contribution in [3.63, 3.8) is 0 Å². The Morgan fingerprint density at radius 3 is 2.72 bits per heavy atom. The zero-order chi connectivity index (χ0) is 12.5. The molecular weight excluding hydrogens is 229 g/mol. The van der Waals surface area contributed by atoms with E-state index >= 15 is 0 Å². The minimum Gasteiger partial charge on any atom is -0.294 e. The zero-order valence-electron chi connectivity index (χ0n) is 9.77. The number of Topliss-reactive ketones (excluding diaryl/α,β-unsaturated/α-hetero) is 1. The first-order chi connectivity index (χ1) is 8.74. The molecule has 1 unspecified atom stereocenters. The summed E-state index contributed by atoms with van der Waals surface area (Å²) in [7, 11) is 0. The molecule has 1 aromatic heterocycles. The number of aromatic nitrogens is 1. The largest absolute Gasteiger partial charge is 0.294 e. The molecule has 0 spiro atoms. The molecular formula is C15H12FNO. The summed E-state index contributed by atoms with van der Waals surface area (Å²) in [5.74, 6) is -0.137. The molecule has 1 aliphatic carbocycles. The lowest BCUT2D eigenvalue weighted by atomic mass is 9.81. The van der Waals surface area contributed by atoms with E-state index in [-0.39, 0.29) is 17.5 Å². The molecule has 2 nitrogen and oxygen atoms in total. The van der Waals surface area contributed by atoms with Crippen molar-refractivity contribution in [2.24, 2.45) is 0 Å². The molecule has 1 atom stereocenters. The van der Waals surface area contributed by atoms with E-state index in [1.54, 1.807) is 6.07 Å². The van der Waals surface area contributed by atoms with Crippen LogP contribution in [0.2, 0.25) is 0 Å². The normalized spacial score (nSPS) is 18.5. The molecule has 0 fully saturated rings. The summed E-state index contributed by atoms with van der Waals surface area (Å²) >= 11 is 0. The fourth-order valence-electron chi connectivity index (χ4n) is 2.48. The number of halogens is 1. The second kappa shape index (κ2) is 4.33. The molecule has 0 bridgehead atoms. The maximum Gasteiger partial charge on any atom is 0.163 e. The molecule has 18 heavy (non-hydrogen) atoms. The van der Waals surface area contributed by atoms with Gasteiger partial charge in [-0.1, -0.05) is 24.3 Å². The molecule has 0 saturated heterocycles. The van der Waals surface area contributed by atoms with Crippen molar-refractivity contribution in [2.75, 3.05) is 0 Å². The van der Waals surface area contributed by atoms with Crippen LogP contribution in [0.15, 0.2) is 42.6 Å². The smallest absolute Gasteiger partial charge is 0.163 e. The summed E-state index contributed by atoms with van der Waals surface area (Å²) in [6.07, 6.45) is 2.45. The zero-order valence-corrected chi connectivity index (χ0v) is 9.77. The van der Waals surface area contributed by atoms with Crippen molar-refractivity contribution in [3.8, 4) is 0 Å². The van der Waals surface area contributed by atoms with Gasteiger partial charge < -0.3 is 0 Å². The van der Waals surface area contributed by atoms with Gasteiger partial charge in [0.05, 0.1) is 6.20 Å². The Balaban J connectivity index is 1.94. The van der Waals surface area contributed by atoms with E-state index in [1.807, 2.05) is 24.3 Å². The van der Waals surface area contributed by atoms with Crippen LogP contribution in [0.25, 0.3) is 0 Å². The highest BCUT2D eigenvalue weighted by Crippen LogP contribution is 2.31. The molecule has 1 heterocycles. The van der Waals surface area contributed by atoms with E-state index < -0.39 is 0 Å². The number of carbonyl (C=O) groups excluding carboxylic acids is 1. The van der Waals surface area contributed by atoms with Crippen LogP contribution < -0.4 is 0 Å². The predicted molar refractivity (Wildman–Crippen MR) is 66.0 cm³/mol. The topological polar surface area (TPSA) is 30.0 Å². The average molecular weight is 241 g/mol. The van der Waals surface area contributed by atoms with Gasteiger partial charge in [-0.3, -0.25) is 9.78 Å². The van der Waals surface area contributed by atoms with Gasteiger partial charge in [-0.15, -0.1) is 0 Å². The first-order valence-electron chi connectivity index (χ1n) is 5.96. The van der Waals surface area contributed by atoms with Crippen molar-refractivity contribution < 1.29 is 9.18 Å². The summed E-state index contributed by atoms with van der Waals surface area (Å²) in [5, 5.41) is 0. The predicted octanol–water partition coefficient (Wildman–Crippen LogP) is 3.13. The second-order valence-electron chi connectivity index (χ2n) is 4.59. The highest BCUT2D eigenvalue weighted by atomic mass is 19.1. The van der Waals surface area contributed by atoms with Crippen LogP contribution in [0.4, 0.5) is 4.39 Å². The Labute approximate surface area is 104 Å². The molecule has 3 rings (SSSR count). The van der Waals surface area contributed by atoms with Crippen molar-refractivity contribution >= 4 is 5.78 Å². The molecule has 0 saturated carbocycles. The van der Waals surface area contributed by atoms with Crippen LogP contribution in [0.5, 0.6) is 0 Å². The Hall–Kier alpha value is -2.03. The maximum atomic E-state index is 12.8. The van der Waals surface area contributed by atoms with E-state index in [9.17, 15) is 9.18 Å². The SMILES string of the molecule is O=C1CC(c2ccc(F)cn2)Cc2ccccc21. The van der Waals surface area contributed by atoms with Gasteiger partial charge in [0.15, 0.2) is 5.78 Å². The van der Waals surface area contributed by atoms with Gasteiger partial charge in [0.2, 0.25) is 0 Å². The van der Waals surface area contributed by atoms with Crippen molar-refractivity contribution in [1.29, 1.82) is 0 Å². The highest BCUT2D eigenvalue weighted by Gasteiger charge is 2.26. The minimum absolute atomic E-state index is 0.0630. The minimum atomic E-state index is -0.346. The fraction of sp³-hybridized carbons (Fsp3) is 0.200. The summed E-state index contributed by atoms with van der Waals surface area (Å²) in [6, 6.07) is 10.7. The van der Waals surface area contributed by atoms with Crippen molar-refractivity contribution in [1.82, 2.24) is 4.98 Å². The Kier molecular flexibility index (Phi) is 2.67. The molecule has 2 aromatic rings. The van der Waals surface area contributed by atoms with Crippen LogP contribution in [-0.4, -0.2) is 10.8 Å². The molecule has 3 heteroatoms. The summed E-state index contributed by atoms with van der Waals surface area (Å²) < 4.78 is 12.8. The Morgan fingerprint density at radius 2 is 1.94 bits per heavy atom. The van der Waals surface area contributed by atoms with Crippen molar-refractivity contribution in [3.05, 3.63) is 65.2 Å². The fourth-order valence-corrected chi connectivity index (χ4v) is 2.48. The lowest BCUT2D eigenvalue weighted by molar-refractivity contribution is 0.0963. The second-order valence-corrected chi connectivity index (χ2v) is 4.59. The van der Waals surface area contributed by atoms with Crippen LogP contribution in [-0.2, 0) is 6.42 Å². The monoisotopic (exact) mass is 241 g/mol. The van der Waals surface area contributed by atoms with E-state index in [0.29, 0.717) is 6.42 Å². The molecule has 0 radical (unpaired) electrons. The quantitative estimate of drug-likeness (QED) is 0.767. The Morgan fingerprint density at radius 1 is 1.11 bits per heavy atom. The van der Waals surface area contributed by atoms with Crippen LogP contribution >= 0.6 is 0 Å². The van der Waals surface area contributed by atoms with Gasteiger partial charge in [-0.25, -0.2) is 4.39 Å². The van der Waals surface area contributed by atoms with Crippen LogP contribution in [0.3, 0.4) is 0 Å². The maximum absolute atomic E-state index is 12.8. The number of ketones is 1. The number of hydrogen-bond donors (Lipinski definition) is 0. The summed E-state index contributed by atoms with van der Waals surface area (Å²) in [5.41, 5.74) is 2.67. The third kappa shape index (κ3) is 1.92. The van der Waals surface area contributed by atoms with Crippen LogP contribution in [0.1, 0.15) is 34.0 Å². The van der Waals surface area contributed by atoms with Gasteiger partial charge >= 0.3 is 0 Å². The van der Waals surface area contributed by atoms with Gasteiger partial charge in [0.1, 0.15) is 5.82 Å². The van der Waals surface area contributed by atoms with Gasteiger partial charge in [-0.2, -0.15) is 0 Å².